The lowest BCUT2D eigenvalue weighted by Crippen LogP contribution is -2.60. The fourth-order valence-corrected chi connectivity index (χ4v) is 12.7. The average Bonchev–Trinajstić information content (AvgIpc) is 1.25. The van der Waals surface area contributed by atoms with E-state index in [1.54, 1.807) is 55.5 Å². The molecule has 3 aliphatic heterocycles. The lowest BCUT2D eigenvalue weighted by atomic mass is 9.78. The third kappa shape index (κ3) is 20.3. The number of ketones is 1. The van der Waals surface area contributed by atoms with Gasteiger partial charge in [0.1, 0.15) is 36.4 Å². The Morgan fingerprint density at radius 3 is 2.09 bits per heavy atom. The van der Waals surface area contributed by atoms with E-state index in [0.29, 0.717) is 68.2 Å². The van der Waals surface area contributed by atoms with Gasteiger partial charge in [0.05, 0.1) is 50.9 Å². The van der Waals surface area contributed by atoms with Gasteiger partial charge in [-0.25, -0.2) is 4.79 Å². The van der Waals surface area contributed by atoms with E-state index in [4.69, 9.17) is 18.9 Å². The normalized spacial score (nSPS) is 29.0. The van der Waals surface area contributed by atoms with E-state index >= 15 is 0 Å². The van der Waals surface area contributed by atoms with Crippen molar-refractivity contribution >= 4 is 76.8 Å². The van der Waals surface area contributed by atoms with Crippen molar-refractivity contribution in [3.8, 4) is 0 Å². The number of ether oxygens (including phenoxy) is 5. The van der Waals surface area contributed by atoms with Crippen LogP contribution in [0.25, 0.3) is 0 Å². The van der Waals surface area contributed by atoms with Crippen molar-refractivity contribution in [2.75, 3.05) is 66.0 Å². The summed E-state index contributed by atoms with van der Waals surface area (Å²) in [6.07, 6.45) is 0.628. The number of Topliss-reactive ketones (excluding diaryl/α,β-unsaturated/α-hetero) is 1. The van der Waals surface area contributed by atoms with Gasteiger partial charge in [0.2, 0.25) is 41.2 Å². The molecule has 1 aliphatic carbocycles. The molecule has 2 bridgehead atoms. The molecule has 4 fully saturated rings. The molecule has 12 atom stereocenters. The van der Waals surface area contributed by atoms with Gasteiger partial charge in [-0.15, -0.1) is 0 Å². The highest BCUT2D eigenvalue weighted by molar-refractivity contribution is 7.99. The fraction of sp³-hybridized carbons (Fsp3) is 0.635. The summed E-state index contributed by atoms with van der Waals surface area (Å²) < 4.78 is 28.4. The number of thioether (sulfide) groups is 1. The van der Waals surface area contributed by atoms with Gasteiger partial charge in [-0.1, -0.05) is 74.5 Å². The Kier molecular flexibility index (Phi) is 27.2. The second-order valence-electron chi connectivity index (χ2n) is 23.6. The number of piperidine rings is 1. The number of cyclic esters (lactones) is 1. The number of aliphatic hydroxyl groups is 1. The Morgan fingerprint density at radius 2 is 1.42 bits per heavy atom. The number of fused-ring (bicyclic) bond motifs is 3. The number of rotatable bonds is 12. The molecule has 5 N–H and O–H groups in total. The predicted octanol–water partition coefficient (Wildman–Crippen LogP) is 2.58. The minimum atomic E-state index is -2.54. The van der Waals surface area contributed by atoms with Crippen LogP contribution in [0.3, 0.4) is 0 Å². The van der Waals surface area contributed by atoms with Crippen molar-refractivity contribution < 1.29 is 81.5 Å². The van der Waals surface area contributed by atoms with Crippen LogP contribution in [0.2, 0.25) is 0 Å². The summed E-state index contributed by atoms with van der Waals surface area (Å²) in [6.45, 7) is 4.34. The van der Waals surface area contributed by atoms with Crippen LogP contribution in [0.4, 0.5) is 0 Å². The van der Waals surface area contributed by atoms with Crippen molar-refractivity contribution in [2.45, 2.75) is 171 Å². The number of methoxy groups -OCH3 is 2. The number of hydrogen-bond donors (Lipinski definition) is 5. The zero-order valence-electron chi connectivity index (χ0n) is 51.7. The first kappa shape index (κ1) is 70.1. The fourth-order valence-electron chi connectivity index (χ4n) is 11.8. The summed E-state index contributed by atoms with van der Waals surface area (Å²) in [5.41, 5.74) is 1.42. The lowest BCUT2D eigenvalue weighted by Gasteiger charge is -2.42. The van der Waals surface area contributed by atoms with Gasteiger partial charge < -0.3 is 64.8 Å². The molecule has 1 saturated carbocycles. The molecule has 0 aromatic heterocycles. The van der Waals surface area contributed by atoms with E-state index in [1.165, 1.54) is 56.8 Å². The average molecular weight is 1250 g/mol. The Morgan fingerprint density at radius 1 is 0.761 bits per heavy atom. The van der Waals surface area contributed by atoms with Crippen LogP contribution in [-0.2, 0) is 89.3 Å². The summed E-state index contributed by atoms with van der Waals surface area (Å²) in [6, 6.07) is 13.3. The molecule has 0 unspecified atom stereocenters. The summed E-state index contributed by atoms with van der Waals surface area (Å²) in [5, 5.41) is 23.1. The van der Waals surface area contributed by atoms with Crippen LogP contribution in [0.1, 0.15) is 115 Å². The maximum atomic E-state index is 14.6. The highest BCUT2D eigenvalue weighted by Crippen LogP contribution is 2.37. The van der Waals surface area contributed by atoms with Crippen LogP contribution < -0.4 is 21.3 Å². The van der Waals surface area contributed by atoms with Gasteiger partial charge in [0, 0.05) is 59.6 Å². The van der Waals surface area contributed by atoms with Crippen molar-refractivity contribution in [2.24, 2.45) is 17.8 Å². The molecular formula is C63H89N7O17S. The van der Waals surface area contributed by atoms with Gasteiger partial charge in [-0.3, -0.25) is 47.9 Å². The monoisotopic (exact) mass is 1250 g/mol. The van der Waals surface area contributed by atoms with E-state index in [-0.39, 0.29) is 76.3 Å². The van der Waals surface area contributed by atoms with Gasteiger partial charge in [-0.05, 0) is 99.8 Å². The van der Waals surface area contributed by atoms with E-state index < -0.39 is 138 Å². The molecule has 7 amide bonds. The maximum absolute atomic E-state index is 14.6. The van der Waals surface area contributed by atoms with Gasteiger partial charge in [0.25, 0.3) is 11.7 Å². The summed E-state index contributed by atoms with van der Waals surface area (Å²) >= 11 is 1.23. The van der Waals surface area contributed by atoms with Crippen molar-refractivity contribution in [3.63, 3.8) is 0 Å². The number of nitrogens with zero attached hydrogens (tertiary/aromatic N) is 3. The summed E-state index contributed by atoms with van der Waals surface area (Å²) in [4.78, 5) is 155. The van der Waals surface area contributed by atoms with E-state index in [1.807, 2.05) is 19.1 Å². The Hall–Kier alpha value is -6.96. The van der Waals surface area contributed by atoms with Crippen LogP contribution in [0.15, 0.2) is 60.7 Å². The first-order valence-electron chi connectivity index (χ1n) is 30.6. The molecule has 4 aliphatic rings. The largest absolute Gasteiger partial charge is 0.469 e. The molecule has 0 spiro atoms. The van der Waals surface area contributed by atoms with Crippen molar-refractivity contribution in [3.05, 3.63) is 71.8 Å². The van der Waals surface area contributed by atoms with E-state index in [0.717, 1.165) is 4.90 Å². The van der Waals surface area contributed by atoms with Crippen LogP contribution >= 0.6 is 11.8 Å². The molecular weight excluding hydrogens is 1160 g/mol. The summed E-state index contributed by atoms with van der Waals surface area (Å²) in [5.74, 6) is -11.4. The quantitative estimate of drug-likeness (QED) is 0.116. The zero-order valence-corrected chi connectivity index (χ0v) is 52.5. The van der Waals surface area contributed by atoms with E-state index in [9.17, 15) is 57.8 Å². The lowest BCUT2D eigenvalue weighted by molar-refractivity contribution is -0.262. The minimum absolute atomic E-state index is 0.000272. The maximum Gasteiger partial charge on any atom is 0.329 e. The third-order valence-electron chi connectivity index (χ3n) is 17.0. The zero-order chi connectivity index (χ0) is 64.1. The smallest absolute Gasteiger partial charge is 0.329 e. The molecule has 0 radical (unpaired) electrons. The van der Waals surface area contributed by atoms with E-state index in [2.05, 4.69) is 26.0 Å². The van der Waals surface area contributed by atoms with Gasteiger partial charge >= 0.3 is 17.9 Å². The second-order valence-corrected chi connectivity index (χ2v) is 24.7. The molecule has 484 valence electrons. The minimum Gasteiger partial charge on any atom is -0.469 e. The molecule has 25 heteroatoms. The van der Waals surface area contributed by atoms with Crippen LogP contribution in [0, 0.1) is 17.8 Å². The predicted molar refractivity (Wildman–Crippen MR) is 322 cm³/mol. The van der Waals surface area contributed by atoms with Gasteiger partial charge in [0.15, 0.2) is 0 Å². The summed E-state index contributed by atoms with van der Waals surface area (Å²) in [7, 11) is 5.60. The molecule has 2 aromatic carbocycles. The second kappa shape index (κ2) is 34.1. The topological polar surface area (TPSA) is 312 Å². The third-order valence-corrected chi connectivity index (χ3v) is 18.0. The van der Waals surface area contributed by atoms with Crippen LogP contribution in [0.5, 0.6) is 0 Å². The van der Waals surface area contributed by atoms with Crippen molar-refractivity contribution in [1.29, 1.82) is 0 Å². The molecule has 3 saturated heterocycles. The number of carbonyl (C=O) groups is 11. The number of likely N-dealkylation sites (N-methyl/N-ethyl adjacent to an activating group) is 2. The molecule has 88 heavy (non-hydrogen) atoms. The highest BCUT2D eigenvalue weighted by atomic mass is 32.2. The number of hydrogen-bond acceptors (Lipinski definition) is 18. The number of carbonyl (C=O) groups excluding carboxylic acids is 11. The number of amides is 7. The highest BCUT2D eigenvalue weighted by Gasteiger charge is 2.53. The molecule has 2 aromatic rings. The Bertz CT molecular complexity index is 2740. The Balaban J connectivity index is 1.23. The first-order valence-corrected chi connectivity index (χ1v) is 31.7. The molecule has 3 heterocycles. The molecule has 24 nitrogen and oxygen atoms in total. The standard InChI is InChI=1S/C63H89N7O17S/c1-39(32-44-22-24-49(51(35-44)83-6)85-56(75)26-25-55(74)84-7)50-36-52(71)64-28-29-65-53(72)37-68(4)60(79)46(33-42-16-10-8-11-17-42)67-58(77)48(34-43-18-12-9-13-19-43)69(5)59(78)41(3)66-54(73)38-88-31-27-45-23-21-40(2)63(82,87-45)57(76)61(80)70-30-15-14-20-47(70)62(81)86-50/h8-13,16-19,39-41,44-51,82H,14-15,20-38H2,1-7H3,(H,64,71)(H,65,72)(H,66,73)(H,67,77)/t39-,40-,41+,44-,45+,46+,47-,48+,49+,50+,51-,63-/m1/s1. The SMILES string of the molecule is COC(=O)CCC(=O)O[C@H]1CC[C@H](C[C@@H](C)[C@@H]2CC(=O)NCCNC(=O)CN(C)C(=O)[C@H](Cc3ccccc3)NC(=O)[C@H](Cc3ccccc3)N(C)C(=O)[C@H](C)NC(=O)CSCC[C@@H]3CC[C@@H](C)[C@@](O)(O3)C(=O)C(=O)N3CCCC[C@@H]3C(=O)O2)C[C@H]1OC. The number of nitrogens with one attached hydrogen (secondary N) is 4. The molecule has 6 rings (SSSR count). The first-order chi connectivity index (χ1) is 42.0. The Labute approximate surface area is 519 Å². The number of benzene rings is 2. The van der Waals surface area contributed by atoms with Crippen LogP contribution in [-0.4, -0.2) is 205 Å². The van der Waals surface area contributed by atoms with Crippen molar-refractivity contribution in [1.82, 2.24) is 36.0 Å². The van der Waals surface area contributed by atoms with Gasteiger partial charge in [-0.2, -0.15) is 11.8 Å². The number of esters is 3.